The fourth-order valence-electron chi connectivity index (χ4n) is 2.03. The Hall–Kier alpha value is -2.23. The minimum Gasteiger partial charge on any atom is -0.490 e. The molecule has 1 aromatic heterocycles. The summed E-state index contributed by atoms with van der Waals surface area (Å²) >= 11 is 0. The molecule has 0 fully saturated rings. The number of aromatic nitrogens is 1. The highest BCUT2D eigenvalue weighted by molar-refractivity contribution is 5.76. The van der Waals surface area contributed by atoms with E-state index in [1.807, 2.05) is 45.0 Å². The maximum Gasteiger partial charge on any atom is 0.161 e. The lowest BCUT2D eigenvalue weighted by Gasteiger charge is -2.13. The SMILES string of the molecule is CCOc1ccc(-c2cc(C)cnc2N)cc1OCC. The molecule has 0 saturated heterocycles. The first-order valence-electron chi connectivity index (χ1n) is 6.77. The smallest absolute Gasteiger partial charge is 0.161 e. The summed E-state index contributed by atoms with van der Waals surface area (Å²) in [6, 6.07) is 7.85. The Morgan fingerprint density at radius 3 is 2.45 bits per heavy atom. The van der Waals surface area contributed by atoms with Crippen molar-refractivity contribution in [3.63, 3.8) is 0 Å². The predicted molar refractivity (Wildman–Crippen MR) is 81.2 cm³/mol. The molecule has 0 radical (unpaired) electrons. The zero-order valence-electron chi connectivity index (χ0n) is 12.1. The quantitative estimate of drug-likeness (QED) is 0.905. The first kappa shape index (κ1) is 14.2. The largest absolute Gasteiger partial charge is 0.490 e. The zero-order valence-corrected chi connectivity index (χ0v) is 12.1. The van der Waals surface area contributed by atoms with Crippen LogP contribution in [-0.2, 0) is 0 Å². The van der Waals surface area contributed by atoms with Crippen molar-refractivity contribution >= 4 is 5.82 Å². The number of hydrogen-bond donors (Lipinski definition) is 1. The summed E-state index contributed by atoms with van der Waals surface area (Å²) in [5.41, 5.74) is 8.92. The lowest BCUT2D eigenvalue weighted by atomic mass is 10.0. The van der Waals surface area contributed by atoms with Gasteiger partial charge in [-0.2, -0.15) is 0 Å². The van der Waals surface area contributed by atoms with E-state index in [1.54, 1.807) is 6.20 Å². The molecular weight excluding hydrogens is 252 g/mol. The fraction of sp³-hybridized carbons (Fsp3) is 0.312. The van der Waals surface area contributed by atoms with Crippen molar-refractivity contribution in [2.24, 2.45) is 0 Å². The van der Waals surface area contributed by atoms with E-state index in [0.717, 1.165) is 28.2 Å². The minimum absolute atomic E-state index is 0.516. The van der Waals surface area contributed by atoms with E-state index in [2.05, 4.69) is 4.98 Å². The van der Waals surface area contributed by atoms with Gasteiger partial charge in [-0.15, -0.1) is 0 Å². The summed E-state index contributed by atoms with van der Waals surface area (Å²) < 4.78 is 11.2. The van der Waals surface area contributed by atoms with Gasteiger partial charge >= 0.3 is 0 Å². The van der Waals surface area contributed by atoms with E-state index < -0.39 is 0 Å². The van der Waals surface area contributed by atoms with Crippen LogP contribution in [0.25, 0.3) is 11.1 Å². The van der Waals surface area contributed by atoms with Crippen molar-refractivity contribution in [2.75, 3.05) is 18.9 Å². The number of aryl methyl sites for hydroxylation is 1. The second-order valence-electron chi connectivity index (χ2n) is 4.47. The van der Waals surface area contributed by atoms with Gasteiger partial charge in [0.05, 0.1) is 13.2 Å². The second-order valence-corrected chi connectivity index (χ2v) is 4.47. The summed E-state index contributed by atoms with van der Waals surface area (Å²) in [4.78, 5) is 4.20. The van der Waals surface area contributed by atoms with E-state index in [1.165, 1.54) is 0 Å². The van der Waals surface area contributed by atoms with Gasteiger partial charge in [0.15, 0.2) is 11.5 Å². The fourth-order valence-corrected chi connectivity index (χ4v) is 2.03. The van der Waals surface area contributed by atoms with Gasteiger partial charge in [-0.25, -0.2) is 4.98 Å². The van der Waals surface area contributed by atoms with E-state index in [9.17, 15) is 0 Å². The van der Waals surface area contributed by atoms with Crippen molar-refractivity contribution in [1.29, 1.82) is 0 Å². The molecule has 0 aliphatic carbocycles. The number of nitrogen functional groups attached to an aromatic ring is 1. The van der Waals surface area contributed by atoms with Crippen molar-refractivity contribution in [3.8, 4) is 22.6 Å². The maximum absolute atomic E-state index is 5.96. The summed E-state index contributed by atoms with van der Waals surface area (Å²) in [5.74, 6) is 1.99. The van der Waals surface area contributed by atoms with Crippen LogP contribution in [-0.4, -0.2) is 18.2 Å². The molecule has 0 amide bonds. The average Bonchev–Trinajstić information content (AvgIpc) is 2.44. The standard InChI is InChI=1S/C16H20N2O2/c1-4-19-14-7-6-12(9-15(14)20-5-2)13-8-11(3)10-18-16(13)17/h6-10H,4-5H2,1-3H3,(H2,17,18). The van der Waals surface area contributed by atoms with Crippen LogP contribution in [0.5, 0.6) is 11.5 Å². The molecule has 0 saturated carbocycles. The molecule has 106 valence electrons. The van der Waals surface area contributed by atoms with Crippen LogP contribution in [0.1, 0.15) is 19.4 Å². The van der Waals surface area contributed by atoms with Gasteiger partial charge in [0.2, 0.25) is 0 Å². The normalized spacial score (nSPS) is 10.3. The van der Waals surface area contributed by atoms with Gasteiger partial charge in [0, 0.05) is 11.8 Å². The molecule has 2 aromatic rings. The Morgan fingerprint density at radius 2 is 1.75 bits per heavy atom. The Balaban J connectivity index is 2.46. The van der Waals surface area contributed by atoms with Crippen LogP contribution in [0.4, 0.5) is 5.82 Å². The first-order chi connectivity index (χ1) is 9.65. The van der Waals surface area contributed by atoms with E-state index >= 15 is 0 Å². The van der Waals surface area contributed by atoms with Crippen LogP contribution in [0.15, 0.2) is 30.5 Å². The molecule has 2 N–H and O–H groups in total. The lowest BCUT2D eigenvalue weighted by molar-refractivity contribution is 0.288. The van der Waals surface area contributed by atoms with Crippen molar-refractivity contribution < 1.29 is 9.47 Å². The van der Waals surface area contributed by atoms with E-state index in [-0.39, 0.29) is 0 Å². The Labute approximate surface area is 119 Å². The molecule has 0 spiro atoms. The van der Waals surface area contributed by atoms with Gasteiger partial charge in [0.25, 0.3) is 0 Å². The van der Waals surface area contributed by atoms with Crippen molar-refractivity contribution in [1.82, 2.24) is 4.98 Å². The van der Waals surface area contributed by atoms with Crippen molar-refractivity contribution in [3.05, 3.63) is 36.0 Å². The third kappa shape index (κ3) is 3.02. The molecule has 0 aliphatic rings. The summed E-state index contributed by atoms with van der Waals surface area (Å²) in [6.07, 6.45) is 1.76. The van der Waals surface area contributed by atoms with Crippen LogP contribution in [0.3, 0.4) is 0 Å². The van der Waals surface area contributed by atoms with Crippen LogP contribution >= 0.6 is 0 Å². The molecule has 4 nitrogen and oxygen atoms in total. The second kappa shape index (κ2) is 6.28. The van der Waals surface area contributed by atoms with Gasteiger partial charge in [0.1, 0.15) is 5.82 Å². The van der Waals surface area contributed by atoms with E-state index in [4.69, 9.17) is 15.2 Å². The maximum atomic E-state index is 5.96. The Morgan fingerprint density at radius 1 is 1.05 bits per heavy atom. The highest BCUT2D eigenvalue weighted by atomic mass is 16.5. The Kier molecular flexibility index (Phi) is 4.45. The Bertz CT molecular complexity index is 597. The van der Waals surface area contributed by atoms with Gasteiger partial charge in [-0.1, -0.05) is 6.07 Å². The van der Waals surface area contributed by atoms with Gasteiger partial charge < -0.3 is 15.2 Å². The molecule has 4 heteroatoms. The number of pyridine rings is 1. The molecule has 0 atom stereocenters. The number of benzene rings is 1. The molecular formula is C16H20N2O2. The van der Waals surface area contributed by atoms with Crippen LogP contribution in [0.2, 0.25) is 0 Å². The summed E-state index contributed by atoms with van der Waals surface area (Å²) in [7, 11) is 0. The summed E-state index contributed by atoms with van der Waals surface area (Å²) in [5, 5.41) is 0. The van der Waals surface area contributed by atoms with Gasteiger partial charge in [-0.3, -0.25) is 0 Å². The van der Waals surface area contributed by atoms with Crippen molar-refractivity contribution in [2.45, 2.75) is 20.8 Å². The predicted octanol–water partition coefficient (Wildman–Crippen LogP) is 3.44. The minimum atomic E-state index is 0.516. The monoisotopic (exact) mass is 272 g/mol. The molecule has 0 aliphatic heterocycles. The van der Waals surface area contributed by atoms with Crippen LogP contribution in [0, 0.1) is 6.92 Å². The number of nitrogens with zero attached hydrogens (tertiary/aromatic N) is 1. The molecule has 0 bridgehead atoms. The number of anilines is 1. The van der Waals surface area contributed by atoms with Gasteiger partial charge in [-0.05, 0) is 50.1 Å². The number of ether oxygens (including phenoxy) is 2. The molecule has 1 aromatic carbocycles. The molecule has 1 heterocycles. The molecule has 2 rings (SSSR count). The average molecular weight is 272 g/mol. The molecule has 0 unspecified atom stereocenters. The molecule has 20 heavy (non-hydrogen) atoms. The highest BCUT2D eigenvalue weighted by Crippen LogP contribution is 2.34. The lowest BCUT2D eigenvalue weighted by Crippen LogP contribution is -1.99. The zero-order chi connectivity index (χ0) is 14.5. The number of nitrogens with two attached hydrogens (primary N) is 1. The number of rotatable bonds is 5. The van der Waals surface area contributed by atoms with E-state index in [0.29, 0.717) is 19.0 Å². The number of hydrogen-bond acceptors (Lipinski definition) is 4. The first-order valence-corrected chi connectivity index (χ1v) is 6.77. The highest BCUT2D eigenvalue weighted by Gasteiger charge is 2.10. The third-order valence-electron chi connectivity index (χ3n) is 2.91. The third-order valence-corrected chi connectivity index (χ3v) is 2.91. The topological polar surface area (TPSA) is 57.4 Å². The van der Waals surface area contributed by atoms with Crippen LogP contribution < -0.4 is 15.2 Å². The summed E-state index contributed by atoms with van der Waals surface area (Å²) in [6.45, 7) is 7.09.